The Morgan fingerprint density at radius 1 is 1.10 bits per heavy atom. The van der Waals surface area contributed by atoms with E-state index in [-0.39, 0.29) is 0 Å². The van der Waals surface area contributed by atoms with E-state index in [0.717, 1.165) is 28.1 Å². The molecule has 0 fully saturated rings. The Balaban J connectivity index is 2.07. The largest absolute Gasteiger partial charge is 0.496 e. The Bertz CT molecular complexity index is 601. The van der Waals surface area contributed by atoms with E-state index in [9.17, 15) is 0 Å². The highest BCUT2D eigenvalue weighted by Gasteiger charge is 2.11. The Labute approximate surface area is 144 Å². The molecule has 0 N–H and O–H groups in total. The molecule has 0 aromatic heterocycles. The monoisotopic (exact) mass is 386 g/mol. The third-order valence-corrected chi connectivity index (χ3v) is 4.66. The van der Waals surface area contributed by atoms with Gasteiger partial charge in [-0.1, -0.05) is 29.8 Å². The fourth-order valence-electron chi connectivity index (χ4n) is 2.35. The van der Waals surface area contributed by atoms with Crippen LogP contribution in [0.3, 0.4) is 0 Å². The molecule has 0 aliphatic carbocycles. The van der Waals surface area contributed by atoms with Crippen LogP contribution in [0.1, 0.15) is 11.1 Å². The number of alkyl halides is 1. The van der Waals surface area contributed by atoms with Gasteiger partial charge >= 0.3 is 0 Å². The molecule has 0 radical (unpaired) electrons. The van der Waals surface area contributed by atoms with Crippen LogP contribution in [0.2, 0.25) is 5.02 Å². The second-order valence-corrected chi connectivity index (χ2v) is 6.63. The number of halogens is 3. The lowest BCUT2D eigenvalue weighted by Crippen LogP contribution is -2.10. The lowest BCUT2D eigenvalue weighted by atomic mass is 9.94. The molecule has 0 aliphatic rings. The number of hydrogen-bond acceptors (Lipinski definition) is 1. The fraction of sp³-hybridized carbons (Fsp3) is 0.294. The highest BCUT2D eigenvalue weighted by molar-refractivity contribution is 9.10. The van der Waals surface area contributed by atoms with Gasteiger partial charge in [0.1, 0.15) is 5.75 Å². The van der Waals surface area contributed by atoms with E-state index in [2.05, 4.69) is 34.1 Å². The van der Waals surface area contributed by atoms with E-state index in [0.29, 0.717) is 11.8 Å². The van der Waals surface area contributed by atoms with Crippen molar-refractivity contribution in [3.63, 3.8) is 0 Å². The van der Waals surface area contributed by atoms with E-state index in [1.807, 2.05) is 24.3 Å². The van der Waals surface area contributed by atoms with Crippen molar-refractivity contribution in [3.8, 4) is 5.75 Å². The van der Waals surface area contributed by atoms with E-state index in [4.69, 9.17) is 27.9 Å². The van der Waals surface area contributed by atoms with Crippen molar-refractivity contribution in [2.75, 3.05) is 13.0 Å². The van der Waals surface area contributed by atoms with Crippen LogP contribution >= 0.6 is 39.1 Å². The molecule has 2 aromatic rings. The molecule has 4 heteroatoms. The highest BCUT2D eigenvalue weighted by Crippen LogP contribution is 2.27. The predicted molar refractivity (Wildman–Crippen MR) is 93.8 cm³/mol. The van der Waals surface area contributed by atoms with Crippen molar-refractivity contribution in [2.24, 2.45) is 5.92 Å². The fourth-order valence-corrected chi connectivity index (χ4v) is 3.37. The summed E-state index contributed by atoms with van der Waals surface area (Å²) in [6.45, 7) is 0. The quantitative estimate of drug-likeness (QED) is 0.573. The topological polar surface area (TPSA) is 9.23 Å². The molecule has 1 atom stereocenters. The molecule has 1 nitrogen and oxygen atoms in total. The third-order valence-electron chi connectivity index (χ3n) is 3.37. The smallest absolute Gasteiger partial charge is 0.133 e. The first kappa shape index (κ1) is 16.7. The molecule has 21 heavy (non-hydrogen) atoms. The van der Waals surface area contributed by atoms with E-state index >= 15 is 0 Å². The molecule has 0 spiro atoms. The first-order valence-corrected chi connectivity index (χ1v) is 8.45. The molecular weight excluding hydrogens is 371 g/mol. The van der Waals surface area contributed by atoms with Gasteiger partial charge in [-0.15, -0.1) is 11.6 Å². The Morgan fingerprint density at radius 2 is 1.81 bits per heavy atom. The number of methoxy groups -OCH3 is 1. The van der Waals surface area contributed by atoms with Crippen LogP contribution in [-0.2, 0) is 12.8 Å². The minimum atomic E-state index is 0.380. The number of hydrogen-bond donors (Lipinski definition) is 0. The summed E-state index contributed by atoms with van der Waals surface area (Å²) in [5.74, 6) is 1.84. The van der Waals surface area contributed by atoms with Crippen LogP contribution in [0.5, 0.6) is 5.75 Å². The maximum absolute atomic E-state index is 6.14. The Kier molecular flexibility index (Phi) is 6.40. The Morgan fingerprint density at radius 3 is 2.38 bits per heavy atom. The molecule has 2 rings (SSSR count). The van der Waals surface area contributed by atoms with Crippen molar-refractivity contribution >= 4 is 39.1 Å². The van der Waals surface area contributed by atoms with Crippen LogP contribution in [0.25, 0.3) is 0 Å². The van der Waals surface area contributed by atoms with E-state index in [1.54, 1.807) is 7.11 Å². The van der Waals surface area contributed by atoms with Gasteiger partial charge < -0.3 is 4.74 Å². The van der Waals surface area contributed by atoms with Crippen molar-refractivity contribution in [1.82, 2.24) is 0 Å². The second-order valence-electron chi connectivity index (χ2n) is 5.03. The van der Waals surface area contributed by atoms with Gasteiger partial charge in [0.05, 0.1) is 11.6 Å². The maximum atomic E-state index is 6.14. The summed E-state index contributed by atoms with van der Waals surface area (Å²) in [4.78, 5) is 0. The third kappa shape index (κ3) is 4.91. The average molecular weight is 388 g/mol. The Hall–Kier alpha value is -0.700. The summed E-state index contributed by atoms with van der Waals surface area (Å²) in [7, 11) is 1.67. The van der Waals surface area contributed by atoms with Crippen LogP contribution in [0.15, 0.2) is 46.9 Å². The zero-order chi connectivity index (χ0) is 15.2. The number of benzene rings is 2. The van der Waals surface area contributed by atoms with E-state index < -0.39 is 0 Å². The predicted octanol–water partition coefficient (Wildman–Crippen LogP) is 5.75. The molecule has 0 bridgehead atoms. The SMILES string of the molecule is COc1ccc(CC(CCl)Cc2cccc(Cl)c2)cc1Br. The average Bonchev–Trinajstić information content (AvgIpc) is 2.47. The van der Waals surface area contributed by atoms with Gasteiger partial charge in [-0.05, 0) is 70.1 Å². The molecule has 0 saturated heterocycles. The second kappa shape index (κ2) is 8.07. The summed E-state index contributed by atoms with van der Waals surface area (Å²) >= 11 is 15.7. The molecule has 0 amide bonds. The zero-order valence-electron chi connectivity index (χ0n) is 11.8. The summed E-state index contributed by atoms with van der Waals surface area (Å²) in [5.41, 5.74) is 2.47. The minimum absolute atomic E-state index is 0.380. The molecule has 112 valence electrons. The highest BCUT2D eigenvalue weighted by atomic mass is 79.9. The lowest BCUT2D eigenvalue weighted by molar-refractivity contribution is 0.412. The molecule has 0 saturated carbocycles. The summed E-state index contributed by atoms with van der Waals surface area (Å²) in [6, 6.07) is 14.1. The maximum Gasteiger partial charge on any atom is 0.133 e. The first-order chi connectivity index (χ1) is 10.1. The van der Waals surface area contributed by atoms with Crippen LogP contribution in [-0.4, -0.2) is 13.0 Å². The molecule has 2 aromatic carbocycles. The van der Waals surface area contributed by atoms with E-state index in [1.165, 1.54) is 11.1 Å². The van der Waals surface area contributed by atoms with Crippen molar-refractivity contribution < 1.29 is 4.74 Å². The van der Waals surface area contributed by atoms with Gasteiger partial charge in [0.15, 0.2) is 0 Å². The molecular formula is C17H17BrCl2O. The summed E-state index contributed by atoms with van der Waals surface area (Å²) in [5, 5.41) is 0.771. The van der Waals surface area contributed by atoms with Crippen LogP contribution in [0.4, 0.5) is 0 Å². The van der Waals surface area contributed by atoms with Crippen LogP contribution in [0, 0.1) is 5.92 Å². The lowest BCUT2D eigenvalue weighted by Gasteiger charge is -2.15. The first-order valence-electron chi connectivity index (χ1n) is 6.75. The molecule has 1 unspecified atom stereocenters. The standard InChI is InChI=1S/C17H17BrCl2O/c1-21-17-6-5-13(10-16(17)18)8-14(11-19)7-12-3-2-4-15(20)9-12/h2-6,9-10,14H,7-8,11H2,1H3. The van der Waals surface area contributed by atoms with Gasteiger partial charge in [-0.2, -0.15) is 0 Å². The number of rotatable bonds is 6. The van der Waals surface area contributed by atoms with Crippen LogP contribution < -0.4 is 4.74 Å². The zero-order valence-corrected chi connectivity index (χ0v) is 14.9. The minimum Gasteiger partial charge on any atom is -0.496 e. The van der Waals surface area contributed by atoms with Crippen molar-refractivity contribution in [2.45, 2.75) is 12.8 Å². The normalized spacial score (nSPS) is 12.2. The van der Waals surface area contributed by atoms with Crippen molar-refractivity contribution in [1.29, 1.82) is 0 Å². The molecule has 0 aliphatic heterocycles. The van der Waals surface area contributed by atoms with Gasteiger partial charge in [0, 0.05) is 10.9 Å². The molecule has 0 heterocycles. The number of ether oxygens (including phenoxy) is 1. The van der Waals surface area contributed by atoms with Gasteiger partial charge in [-0.3, -0.25) is 0 Å². The van der Waals surface area contributed by atoms with Gasteiger partial charge in [0.2, 0.25) is 0 Å². The van der Waals surface area contributed by atoms with Gasteiger partial charge in [-0.25, -0.2) is 0 Å². The van der Waals surface area contributed by atoms with Crippen molar-refractivity contribution in [3.05, 3.63) is 63.1 Å². The summed E-state index contributed by atoms with van der Waals surface area (Å²) in [6.07, 6.45) is 1.85. The summed E-state index contributed by atoms with van der Waals surface area (Å²) < 4.78 is 6.22. The van der Waals surface area contributed by atoms with Gasteiger partial charge in [0.25, 0.3) is 0 Å².